The third-order valence-electron chi connectivity index (χ3n) is 3.26. The van der Waals surface area contributed by atoms with Crippen molar-refractivity contribution in [3.8, 4) is 0 Å². The van der Waals surface area contributed by atoms with Crippen molar-refractivity contribution in [3.63, 3.8) is 0 Å². The molecule has 0 saturated carbocycles. The monoisotopic (exact) mass is 196 g/mol. The van der Waals surface area contributed by atoms with Gasteiger partial charge >= 0.3 is 0 Å². The molecule has 80 valence electrons. The second-order valence-electron chi connectivity index (χ2n) is 4.52. The summed E-state index contributed by atoms with van der Waals surface area (Å²) in [4.78, 5) is 0. The van der Waals surface area contributed by atoms with Crippen LogP contribution in [0, 0.1) is 0 Å². The van der Waals surface area contributed by atoms with E-state index in [0.717, 1.165) is 19.3 Å². The van der Waals surface area contributed by atoms with E-state index in [2.05, 4.69) is 13.5 Å². The lowest BCUT2D eigenvalue weighted by Crippen LogP contribution is -2.46. The molecule has 2 heteroatoms. The van der Waals surface area contributed by atoms with Crippen molar-refractivity contribution >= 4 is 0 Å². The second kappa shape index (κ2) is 4.03. The summed E-state index contributed by atoms with van der Waals surface area (Å²) >= 11 is 0. The highest BCUT2D eigenvalue weighted by molar-refractivity contribution is 4.89. The van der Waals surface area contributed by atoms with E-state index in [0.29, 0.717) is 6.10 Å². The zero-order valence-corrected chi connectivity index (χ0v) is 9.00. The van der Waals surface area contributed by atoms with E-state index in [1.54, 1.807) is 0 Å². The summed E-state index contributed by atoms with van der Waals surface area (Å²) < 4.78 is 12.0. The molecular weight excluding hydrogens is 176 g/mol. The summed E-state index contributed by atoms with van der Waals surface area (Å²) in [7, 11) is 0. The first-order chi connectivity index (χ1) is 6.74. The van der Waals surface area contributed by atoms with Gasteiger partial charge in [-0.05, 0) is 32.6 Å². The van der Waals surface area contributed by atoms with Gasteiger partial charge in [0, 0.05) is 12.8 Å². The smallest absolute Gasteiger partial charge is 0.169 e. The highest BCUT2D eigenvalue weighted by Gasteiger charge is 2.40. The molecule has 0 unspecified atom stereocenters. The standard InChI is InChI=1S/C12H20O2/c1-3-11-7-5-9-12(14-11)8-4-6-10(2)13-12/h3,10-11H,1,4-9H2,2H3/t10-,11-,12+/m1/s1. The minimum absolute atomic E-state index is 0.203. The Balaban J connectivity index is 2.02. The molecule has 2 aliphatic heterocycles. The number of hydrogen-bond donors (Lipinski definition) is 0. The minimum Gasteiger partial charge on any atom is -0.347 e. The fourth-order valence-corrected chi connectivity index (χ4v) is 2.55. The van der Waals surface area contributed by atoms with Crippen molar-refractivity contribution in [2.75, 3.05) is 0 Å². The topological polar surface area (TPSA) is 18.5 Å². The molecule has 0 aromatic carbocycles. The van der Waals surface area contributed by atoms with Crippen molar-refractivity contribution in [1.82, 2.24) is 0 Å². The Morgan fingerprint density at radius 2 is 1.93 bits per heavy atom. The number of ether oxygens (including phenoxy) is 2. The fourth-order valence-electron chi connectivity index (χ4n) is 2.55. The van der Waals surface area contributed by atoms with E-state index in [-0.39, 0.29) is 11.9 Å². The molecule has 0 bridgehead atoms. The van der Waals surface area contributed by atoms with Crippen LogP contribution in [-0.2, 0) is 9.47 Å². The molecule has 0 amide bonds. The van der Waals surface area contributed by atoms with Gasteiger partial charge in [0.05, 0.1) is 12.2 Å². The van der Waals surface area contributed by atoms with Crippen LogP contribution in [0.25, 0.3) is 0 Å². The SMILES string of the molecule is C=C[C@@H]1CCC[C@]2(CCC[C@@H](C)O2)O1. The first kappa shape index (κ1) is 10.2. The highest BCUT2D eigenvalue weighted by atomic mass is 16.7. The van der Waals surface area contributed by atoms with Crippen LogP contribution in [0.15, 0.2) is 12.7 Å². The van der Waals surface area contributed by atoms with E-state index in [9.17, 15) is 0 Å². The van der Waals surface area contributed by atoms with Gasteiger partial charge in [0.15, 0.2) is 5.79 Å². The van der Waals surface area contributed by atoms with Gasteiger partial charge in [0.25, 0.3) is 0 Å². The Kier molecular flexibility index (Phi) is 2.93. The van der Waals surface area contributed by atoms with Crippen molar-refractivity contribution in [1.29, 1.82) is 0 Å². The van der Waals surface area contributed by atoms with Gasteiger partial charge in [-0.25, -0.2) is 0 Å². The molecule has 2 saturated heterocycles. The van der Waals surface area contributed by atoms with E-state index in [1.807, 2.05) is 6.08 Å². The van der Waals surface area contributed by atoms with Crippen LogP contribution in [0.5, 0.6) is 0 Å². The van der Waals surface area contributed by atoms with Crippen LogP contribution in [0.2, 0.25) is 0 Å². The molecule has 1 spiro atoms. The van der Waals surface area contributed by atoms with Gasteiger partial charge in [-0.1, -0.05) is 6.08 Å². The van der Waals surface area contributed by atoms with Gasteiger partial charge in [0.1, 0.15) is 0 Å². The van der Waals surface area contributed by atoms with E-state index >= 15 is 0 Å². The third-order valence-corrected chi connectivity index (χ3v) is 3.26. The molecular formula is C12H20O2. The molecule has 2 rings (SSSR count). The van der Waals surface area contributed by atoms with Gasteiger partial charge in [-0.3, -0.25) is 0 Å². The van der Waals surface area contributed by atoms with Crippen LogP contribution in [-0.4, -0.2) is 18.0 Å². The maximum absolute atomic E-state index is 5.99. The molecule has 2 nitrogen and oxygen atoms in total. The zero-order valence-electron chi connectivity index (χ0n) is 9.00. The normalized spacial score (nSPS) is 43.8. The summed E-state index contributed by atoms with van der Waals surface area (Å²) in [6, 6.07) is 0. The zero-order chi connectivity index (χ0) is 10.0. The Morgan fingerprint density at radius 1 is 1.21 bits per heavy atom. The summed E-state index contributed by atoms with van der Waals surface area (Å²) in [6.45, 7) is 5.94. The van der Waals surface area contributed by atoms with Crippen LogP contribution in [0.1, 0.15) is 45.4 Å². The van der Waals surface area contributed by atoms with E-state index < -0.39 is 0 Å². The lowest BCUT2D eigenvalue weighted by atomic mass is 9.93. The molecule has 0 N–H and O–H groups in total. The van der Waals surface area contributed by atoms with E-state index in [1.165, 1.54) is 19.3 Å². The maximum Gasteiger partial charge on any atom is 0.169 e. The van der Waals surface area contributed by atoms with Gasteiger partial charge in [0.2, 0.25) is 0 Å². The quantitative estimate of drug-likeness (QED) is 0.600. The van der Waals surface area contributed by atoms with Crippen LogP contribution >= 0.6 is 0 Å². The Labute approximate surface area is 86.3 Å². The Bertz CT molecular complexity index is 210. The average molecular weight is 196 g/mol. The van der Waals surface area contributed by atoms with Crippen LogP contribution in [0.4, 0.5) is 0 Å². The first-order valence-corrected chi connectivity index (χ1v) is 5.72. The Morgan fingerprint density at radius 3 is 2.57 bits per heavy atom. The maximum atomic E-state index is 5.99. The molecule has 2 heterocycles. The summed E-state index contributed by atoms with van der Waals surface area (Å²) in [6.07, 6.45) is 9.27. The molecule has 14 heavy (non-hydrogen) atoms. The fraction of sp³-hybridized carbons (Fsp3) is 0.833. The lowest BCUT2D eigenvalue weighted by Gasteiger charge is -2.44. The molecule has 2 fully saturated rings. The number of rotatable bonds is 1. The summed E-state index contributed by atoms with van der Waals surface area (Å²) in [5.41, 5.74) is 0. The average Bonchev–Trinajstić information content (AvgIpc) is 2.17. The minimum atomic E-state index is -0.269. The van der Waals surface area contributed by atoms with Gasteiger partial charge < -0.3 is 9.47 Å². The number of hydrogen-bond acceptors (Lipinski definition) is 2. The van der Waals surface area contributed by atoms with E-state index in [4.69, 9.17) is 9.47 Å². The molecule has 0 radical (unpaired) electrons. The predicted molar refractivity (Wildman–Crippen MR) is 56.1 cm³/mol. The first-order valence-electron chi connectivity index (χ1n) is 5.72. The second-order valence-corrected chi connectivity index (χ2v) is 4.52. The Hall–Kier alpha value is -0.340. The highest BCUT2D eigenvalue weighted by Crippen LogP contribution is 2.39. The predicted octanol–water partition coefficient (Wildman–Crippen LogP) is 3.03. The lowest BCUT2D eigenvalue weighted by molar-refractivity contribution is -0.304. The van der Waals surface area contributed by atoms with Crippen molar-refractivity contribution in [2.24, 2.45) is 0 Å². The van der Waals surface area contributed by atoms with Crippen molar-refractivity contribution in [3.05, 3.63) is 12.7 Å². The largest absolute Gasteiger partial charge is 0.347 e. The molecule has 0 aromatic rings. The van der Waals surface area contributed by atoms with Crippen LogP contribution < -0.4 is 0 Å². The van der Waals surface area contributed by atoms with Crippen molar-refractivity contribution in [2.45, 2.75) is 63.4 Å². The van der Waals surface area contributed by atoms with Crippen molar-refractivity contribution < 1.29 is 9.47 Å². The molecule has 0 aromatic heterocycles. The van der Waals surface area contributed by atoms with Gasteiger partial charge in [-0.15, -0.1) is 6.58 Å². The molecule has 2 aliphatic rings. The summed E-state index contributed by atoms with van der Waals surface area (Å²) in [5, 5.41) is 0. The summed E-state index contributed by atoms with van der Waals surface area (Å²) in [5.74, 6) is -0.269. The van der Waals surface area contributed by atoms with Gasteiger partial charge in [-0.2, -0.15) is 0 Å². The molecule has 0 aliphatic carbocycles. The molecule has 3 atom stereocenters. The third kappa shape index (κ3) is 2.01. The van der Waals surface area contributed by atoms with Crippen LogP contribution in [0.3, 0.4) is 0 Å².